The number of nitrogens with one attached hydrogen (secondary N) is 1. The third-order valence-corrected chi connectivity index (χ3v) is 3.11. The Labute approximate surface area is 111 Å². The number of hydrogen-bond donors (Lipinski definition) is 1. The Bertz CT molecular complexity index is 376. The maximum Gasteiger partial charge on any atom is 0.244 e. The molecule has 0 aromatic heterocycles. The number of hydrogen-bond acceptors (Lipinski definition) is 2. The van der Waals surface area contributed by atoms with Crippen LogP contribution in [-0.2, 0) is 10.5 Å². The highest BCUT2D eigenvalue weighted by Crippen LogP contribution is 2.15. The summed E-state index contributed by atoms with van der Waals surface area (Å²) in [4.78, 5) is 11.2. The van der Waals surface area contributed by atoms with Gasteiger partial charge in [0.2, 0.25) is 5.91 Å². The van der Waals surface area contributed by atoms with Crippen molar-refractivity contribution < 1.29 is 4.79 Å². The van der Waals surface area contributed by atoms with E-state index in [2.05, 4.69) is 5.32 Å². The van der Waals surface area contributed by atoms with Gasteiger partial charge in [0.05, 0.1) is 0 Å². The van der Waals surface area contributed by atoms with Gasteiger partial charge in [0, 0.05) is 23.4 Å². The monoisotopic (exact) mass is 269 g/mol. The lowest BCUT2D eigenvalue weighted by atomic mass is 10.2. The van der Waals surface area contributed by atoms with E-state index in [0.717, 1.165) is 23.7 Å². The number of amides is 1. The van der Waals surface area contributed by atoms with Crippen molar-refractivity contribution in [3.05, 3.63) is 46.3 Å². The van der Waals surface area contributed by atoms with Crippen molar-refractivity contribution in [1.82, 2.24) is 5.32 Å². The van der Waals surface area contributed by atoms with Crippen molar-refractivity contribution in [3.8, 4) is 0 Å². The molecule has 0 radical (unpaired) electrons. The lowest BCUT2D eigenvalue weighted by molar-refractivity contribution is -0.116. The van der Waals surface area contributed by atoms with Crippen LogP contribution in [0.3, 0.4) is 0 Å². The zero-order chi connectivity index (χ0) is 12.5. The third-order valence-electron chi connectivity index (χ3n) is 2.03. The van der Waals surface area contributed by atoms with Gasteiger partial charge in [-0.1, -0.05) is 30.7 Å². The van der Waals surface area contributed by atoms with Gasteiger partial charge in [0.25, 0.3) is 0 Å². The van der Waals surface area contributed by atoms with E-state index in [1.54, 1.807) is 17.8 Å². The Kier molecular flexibility index (Phi) is 6.82. The first-order valence-electron chi connectivity index (χ1n) is 5.53. The average Bonchev–Trinajstić information content (AvgIpc) is 2.34. The first kappa shape index (κ1) is 14.1. The summed E-state index contributed by atoms with van der Waals surface area (Å²) in [5.41, 5.74) is 1.19. The fourth-order valence-corrected chi connectivity index (χ4v) is 1.97. The van der Waals surface area contributed by atoms with Crippen molar-refractivity contribution in [3.63, 3.8) is 0 Å². The standard InChI is InChI=1S/C13H16ClNOS/c1-2-8-15-13(16)7-9-17-10-11-3-5-12(14)6-4-11/h3-7,9H,2,8,10H2,1H3,(H,15,16)/b9-7-. The van der Waals surface area contributed by atoms with Gasteiger partial charge >= 0.3 is 0 Å². The molecule has 0 aliphatic carbocycles. The van der Waals surface area contributed by atoms with E-state index in [0.29, 0.717) is 0 Å². The summed E-state index contributed by atoms with van der Waals surface area (Å²) in [6.45, 7) is 2.75. The third kappa shape index (κ3) is 6.39. The molecule has 17 heavy (non-hydrogen) atoms. The Morgan fingerprint density at radius 1 is 1.41 bits per heavy atom. The maximum atomic E-state index is 11.2. The van der Waals surface area contributed by atoms with Gasteiger partial charge in [-0.25, -0.2) is 0 Å². The normalized spacial score (nSPS) is 10.7. The Morgan fingerprint density at radius 2 is 2.12 bits per heavy atom. The van der Waals surface area contributed by atoms with Crippen LogP contribution in [0.1, 0.15) is 18.9 Å². The molecule has 1 aromatic rings. The molecular formula is C13H16ClNOS. The van der Waals surface area contributed by atoms with Crippen molar-refractivity contribution in [2.75, 3.05) is 6.54 Å². The zero-order valence-corrected chi connectivity index (χ0v) is 11.4. The van der Waals surface area contributed by atoms with E-state index in [-0.39, 0.29) is 5.91 Å². The molecule has 0 heterocycles. The fourth-order valence-electron chi connectivity index (χ4n) is 1.14. The van der Waals surface area contributed by atoms with Crippen LogP contribution in [0.4, 0.5) is 0 Å². The highest BCUT2D eigenvalue weighted by atomic mass is 35.5. The molecule has 0 aliphatic heterocycles. The minimum absolute atomic E-state index is 0.0320. The molecule has 1 amide bonds. The molecule has 1 N–H and O–H groups in total. The summed E-state index contributed by atoms with van der Waals surface area (Å²) >= 11 is 7.38. The molecule has 0 saturated carbocycles. The van der Waals surface area contributed by atoms with Crippen molar-refractivity contribution in [2.24, 2.45) is 0 Å². The second-order valence-corrected chi connectivity index (χ2v) is 4.86. The number of rotatable bonds is 6. The van der Waals surface area contributed by atoms with Gasteiger partial charge in [-0.2, -0.15) is 0 Å². The van der Waals surface area contributed by atoms with Crippen LogP contribution in [0, 0.1) is 0 Å². The summed E-state index contributed by atoms with van der Waals surface area (Å²) in [5.74, 6) is 0.810. The molecule has 2 nitrogen and oxygen atoms in total. The average molecular weight is 270 g/mol. The molecule has 0 unspecified atom stereocenters. The van der Waals surface area contributed by atoms with Crippen LogP contribution in [0.15, 0.2) is 35.7 Å². The van der Waals surface area contributed by atoms with E-state index in [1.807, 2.05) is 36.6 Å². The second kappa shape index (κ2) is 8.20. The largest absolute Gasteiger partial charge is 0.353 e. The van der Waals surface area contributed by atoms with Gasteiger partial charge < -0.3 is 5.32 Å². The van der Waals surface area contributed by atoms with Crippen molar-refractivity contribution in [2.45, 2.75) is 19.1 Å². The van der Waals surface area contributed by atoms with E-state index < -0.39 is 0 Å². The number of carbonyl (C=O) groups is 1. The minimum atomic E-state index is -0.0320. The predicted molar refractivity (Wildman–Crippen MR) is 75.2 cm³/mol. The zero-order valence-electron chi connectivity index (χ0n) is 9.78. The molecule has 4 heteroatoms. The first-order chi connectivity index (χ1) is 8.22. The summed E-state index contributed by atoms with van der Waals surface area (Å²) < 4.78 is 0. The maximum absolute atomic E-state index is 11.2. The molecule has 92 valence electrons. The first-order valence-corrected chi connectivity index (χ1v) is 6.95. The summed E-state index contributed by atoms with van der Waals surface area (Å²) in [6.07, 6.45) is 2.52. The predicted octanol–water partition coefficient (Wildman–Crippen LogP) is 3.61. The van der Waals surface area contributed by atoms with Gasteiger partial charge in [-0.3, -0.25) is 4.79 Å². The van der Waals surface area contributed by atoms with E-state index in [1.165, 1.54) is 5.56 Å². The highest BCUT2D eigenvalue weighted by Gasteiger charge is 1.94. The number of halogens is 1. The van der Waals surface area contributed by atoms with Gasteiger partial charge in [-0.05, 0) is 29.5 Å². The Hall–Kier alpha value is -0.930. The molecule has 0 bridgehead atoms. The van der Waals surface area contributed by atoms with Gasteiger partial charge in [-0.15, -0.1) is 11.8 Å². The van der Waals surface area contributed by atoms with Crippen molar-refractivity contribution in [1.29, 1.82) is 0 Å². The van der Waals surface area contributed by atoms with Crippen LogP contribution >= 0.6 is 23.4 Å². The van der Waals surface area contributed by atoms with Gasteiger partial charge in [0.15, 0.2) is 0 Å². The van der Waals surface area contributed by atoms with Crippen LogP contribution in [0.5, 0.6) is 0 Å². The summed E-state index contributed by atoms with van der Waals surface area (Å²) in [5, 5.41) is 5.34. The van der Waals surface area contributed by atoms with E-state index >= 15 is 0 Å². The summed E-state index contributed by atoms with van der Waals surface area (Å²) in [6, 6.07) is 7.71. The molecule has 0 saturated heterocycles. The molecule has 0 atom stereocenters. The molecular weight excluding hydrogens is 254 g/mol. The smallest absolute Gasteiger partial charge is 0.244 e. The quantitative estimate of drug-likeness (QED) is 0.800. The highest BCUT2D eigenvalue weighted by molar-refractivity contribution is 8.01. The molecule has 1 rings (SSSR count). The number of thioether (sulfide) groups is 1. The van der Waals surface area contributed by atoms with Crippen LogP contribution in [-0.4, -0.2) is 12.5 Å². The number of carbonyl (C=O) groups excluding carboxylic acids is 1. The van der Waals surface area contributed by atoms with E-state index in [4.69, 9.17) is 11.6 Å². The lowest BCUT2D eigenvalue weighted by Crippen LogP contribution is -2.21. The second-order valence-electron chi connectivity index (χ2n) is 3.53. The van der Waals surface area contributed by atoms with Crippen LogP contribution < -0.4 is 5.32 Å². The lowest BCUT2D eigenvalue weighted by Gasteiger charge is -1.99. The number of benzene rings is 1. The fraction of sp³-hybridized carbons (Fsp3) is 0.308. The summed E-state index contributed by atoms with van der Waals surface area (Å²) in [7, 11) is 0. The van der Waals surface area contributed by atoms with Crippen LogP contribution in [0.25, 0.3) is 0 Å². The molecule has 0 aliphatic rings. The SMILES string of the molecule is CCCNC(=O)/C=C\SCc1ccc(Cl)cc1. The van der Waals surface area contributed by atoms with Crippen molar-refractivity contribution >= 4 is 29.3 Å². The van der Waals surface area contributed by atoms with Gasteiger partial charge in [0.1, 0.15) is 0 Å². The topological polar surface area (TPSA) is 29.1 Å². The Balaban J connectivity index is 2.25. The van der Waals surface area contributed by atoms with Crippen LogP contribution in [0.2, 0.25) is 5.02 Å². The molecule has 0 spiro atoms. The Morgan fingerprint density at radius 3 is 2.76 bits per heavy atom. The molecule has 0 fully saturated rings. The molecule has 1 aromatic carbocycles. The minimum Gasteiger partial charge on any atom is -0.353 e. The van der Waals surface area contributed by atoms with E-state index in [9.17, 15) is 4.79 Å².